The van der Waals surface area contributed by atoms with Crippen molar-refractivity contribution in [1.82, 2.24) is 9.55 Å². The minimum absolute atomic E-state index is 0. The van der Waals surface area contributed by atoms with E-state index in [9.17, 15) is 0 Å². The fourth-order valence-corrected chi connectivity index (χ4v) is 2.94. The standard InChI is InChI=1S/C22H17N2.Pt/c1-3-9-18(10-4-1)17-20-13-7-8-14-21(20)24-16-15-23-22(24)19-11-5-2-6-12-19;/h1-11,13-16H,17H2;/q-1;. The van der Waals surface area contributed by atoms with Gasteiger partial charge in [-0.15, -0.1) is 35.9 Å². The number of aromatic nitrogens is 2. The van der Waals surface area contributed by atoms with Crippen LogP contribution >= 0.6 is 0 Å². The molecule has 0 saturated heterocycles. The van der Waals surface area contributed by atoms with Crippen molar-refractivity contribution >= 4 is 0 Å². The van der Waals surface area contributed by atoms with Crippen molar-refractivity contribution in [3.63, 3.8) is 0 Å². The van der Waals surface area contributed by atoms with Crippen LogP contribution in [0, 0.1) is 6.07 Å². The van der Waals surface area contributed by atoms with Gasteiger partial charge in [0.25, 0.3) is 0 Å². The van der Waals surface area contributed by atoms with Gasteiger partial charge in [-0.1, -0.05) is 48.5 Å². The van der Waals surface area contributed by atoms with Gasteiger partial charge in [-0.2, -0.15) is 0 Å². The molecule has 0 spiro atoms. The van der Waals surface area contributed by atoms with Gasteiger partial charge in [-0.25, -0.2) is 0 Å². The summed E-state index contributed by atoms with van der Waals surface area (Å²) in [6, 6.07) is 30.2. The molecule has 2 nitrogen and oxygen atoms in total. The Hall–Kier alpha value is -2.44. The molecule has 3 aromatic carbocycles. The zero-order valence-corrected chi connectivity index (χ0v) is 15.9. The molecule has 0 aliphatic carbocycles. The van der Waals surface area contributed by atoms with Crippen molar-refractivity contribution in [1.29, 1.82) is 0 Å². The van der Waals surface area contributed by atoms with Crippen LogP contribution in [-0.2, 0) is 27.5 Å². The molecule has 4 rings (SSSR count). The van der Waals surface area contributed by atoms with Gasteiger partial charge in [-0.05, 0) is 23.6 Å². The zero-order valence-electron chi connectivity index (χ0n) is 13.6. The van der Waals surface area contributed by atoms with Gasteiger partial charge in [0.15, 0.2) is 0 Å². The number of hydrogen-bond acceptors (Lipinski definition) is 1. The third-order valence-corrected chi connectivity index (χ3v) is 4.08. The Balaban J connectivity index is 0.00000182. The summed E-state index contributed by atoms with van der Waals surface area (Å²) in [5.74, 6) is 0.913. The molecule has 0 saturated carbocycles. The fraction of sp³-hybridized carbons (Fsp3) is 0.0455. The largest absolute Gasteiger partial charge is 0.340 e. The van der Waals surface area contributed by atoms with Crippen molar-refractivity contribution in [2.45, 2.75) is 6.42 Å². The summed E-state index contributed by atoms with van der Waals surface area (Å²) in [5.41, 5.74) is 4.74. The van der Waals surface area contributed by atoms with Gasteiger partial charge < -0.3 is 4.57 Å². The van der Waals surface area contributed by atoms with Crippen molar-refractivity contribution in [3.05, 3.63) is 108 Å². The van der Waals surface area contributed by atoms with E-state index in [1.165, 1.54) is 11.1 Å². The van der Waals surface area contributed by atoms with E-state index in [0.29, 0.717) is 0 Å². The summed E-state index contributed by atoms with van der Waals surface area (Å²) in [6.45, 7) is 0. The maximum absolute atomic E-state index is 4.54. The molecule has 1 aromatic heterocycles. The molecule has 0 unspecified atom stereocenters. The van der Waals surface area contributed by atoms with Crippen LogP contribution in [0.25, 0.3) is 17.1 Å². The van der Waals surface area contributed by atoms with Gasteiger partial charge in [0.2, 0.25) is 0 Å². The van der Waals surface area contributed by atoms with E-state index in [0.717, 1.165) is 23.5 Å². The second-order valence-electron chi connectivity index (χ2n) is 5.69. The second-order valence-corrected chi connectivity index (χ2v) is 5.69. The average Bonchev–Trinajstić information content (AvgIpc) is 3.13. The zero-order chi connectivity index (χ0) is 16.2. The molecule has 0 aliphatic rings. The molecule has 0 radical (unpaired) electrons. The minimum atomic E-state index is 0. The van der Waals surface area contributed by atoms with Crippen molar-refractivity contribution < 1.29 is 21.1 Å². The van der Waals surface area contributed by atoms with E-state index in [1.54, 1.807) is 0 Å². The van der Waals surface area contributed by atoms with Gasteiger partial charge in [0.1, 0.15) is 0 Å². The van der Waals surface area contributed by atoms with Crippen LogP contribution in [0.15, 0.2) is 91.3 Å². The number of nitrogens with zero attached hydrogens (tertiary/aromatic N) is 2. The first kappa shape index (κ1) is 17.4. The summed E-state index contributed by atoms with van der Waals surface area (Å²) in [7, 11) is 0. The Morgan fingerprint density at radius 2 is 1.60 bits per heavy atom. The van der Waals surface area contributed by atoms with E-state index in [2.05, 4.69) is 70.2 Å². The van der Waals surface area contributed by atoms with Crippen LogP contribution in [0.5, 0.6) is 0 Å². The number of para-hydroxylation sites is 1. The molecule has 25 heavy (non-hydrogen) atoms. The Labute approximate surface area is 162 Å². The van der Waals surface area contributed by atoms with E-state index in [4.69, 9.17) is 0 Å². The summed E-state index contributed by atoms with van der Waals surface area (Å²) >= 11 is 0. The molecule has 126 valence electrons. The molecule has 0 bridgehead atoms. The van der Waals surface area contributed by atoms with Gasteiger partial charge in [-0.3, -0.25) is 4.98 Å². The maximum Gasteiger partial charge on any atom is 0.0602 e. The molecule has 0 N–H and O–H groups in total. The van der Waals surface area contributed by atoms with E-state index in [1.807, 2.05) is 36.7 Å². The average molecular weight is 504 g/mol. The van der Waals surface area contributed by atoms with Gasteiger partial charge in [0.05, 0.1) is 5.82 Å². The minimum Gasteiger partial charge on any atom is -0.340 e. The van der Waals surface area contributed by atoms with Crippen molar-refractivity contribution in [3.8, 4) is 17.1 Å². The fourth-order valence-electron chi connectivity index (χ4n) is 2.94. The maximum atomic E-state index is 4.54. The summed E-state index contributed by atoms with van der Waals surface area (Å²) in [6.07, 6.45) is 4.75. The number of benzene rings is 3. The Kier molecular flexibility index (Phi) is 5.63. The number of imidazole rings is 1. The second kappa shape index (κ2) is 8.09. The Bertz CT molecular complexity index is 930. The third-order valence-electron chi connectivity index (χ3n) is 4.08. The van der Waals surface area contributed by atoms with Crippen LogP contribution in [0.2, 0.25) is 0 Å². The predicted octanol–water partition coefficient (Wildman–Crippen LogP) is 4.93. The Morgan fingerprint density at radius 1 is 0.840 bits per heavy atom. The van der Waals surface area contributed by atoms with Crippen LogP contribution < -0.4 is 0 Å². The summed E-state index contributed by atoms with van der Waals surface area (Å²) < 4.78 is 2.14. The SMILES string of the molecule is [Pt].[c-]1ccccc1-c1nccn1-c1ccccc1Cc1ccccc1. The molecule has 0 fully saturated rings. The molecule has 4 aromatic rings. The van der Waals surface area contributed by atoms with Crippen LogP contribution in [0.1, 0.15) is 11.1 Å². The first-order chi connectivity index (χ1) is 11.9. The molecule has 1 heterocycles. The first-order valence-corrected chi connectivity index (χ1v) is 8.04. The smallest absolute Gasteiger partial charge is 0.0602 e. The monoisotopic (exact) mass is 504 g/mol. The molecule has 0 amide bonds. The quantitative estimate of drug-likeness (QED) is 0.361. The van der Waals surface area contributed by atoms with E-state index < -0.39 is 0 Å². The topological polar surface area (TPSA) is 17.8 Å². The van der Waals surface area contributed by atoms with E-state index >= 15 is 0 Å². The van der Waals surface area contributed by atoms with Gasteiger partial charge in [0, 0.05) is 39.1 Å². The molecule has 0 atom stereocenters. The summed E-state index contributed by atoms with van der Waals surface area (Å²) in [4.78, 5) is 4.54. The molecule has 3 heteroatoms. The van der Waals surface area contributed by atoms with Crippen molar-refractivity contribution in [2.75, 3.05) is 0 Å². The van der Waals surface area contributed by atoms with Crippen LogP contribution in [0.4, 0.5) is 0 Å². The Morgan fingerprint density at radius 3 is 2.40 bits per heavy atom. The van der Waals surface area contributed by atoms with Crippen LogP contribution in [-0.4, -0.2) is 9.55 Å². The number of rotatable bonds is 4. The van der Waals surface area contributed by atoms with Crippen molar-refractivity contribution in [2.24, 2.45) is 0 Å². The third kappa shape index (κ3) is 3.80. The van der Waals surface area contributed by atoms with Crippen LogP contribution in [0.3, 0.4) is 0 Å². The number of hydrogen-bond donors (Lipinski definition) is 0. The van der Waals surface area contributed by atoms with E-state index in [-0.39, 0.29) is 21.1 Å². The normalized spacial score (nSPS) is 10.2. The molecular formula is C22H17N2Pt-. The summed E-state index contributed by atoms with van der Waals surface area (Å²) in [5, 5.41) is 0. The first-order valence-electron chi connectivity index (χ1n) is 8.04. The molecular weight excluding hydrogens is 487 g/mol. The predicted molar refractivity (Wildman–Crippen MR) is 97.1 cm³/mol. The molecule has 0 aliphatic heterocycles. The van der Waals surface area contributed by atoms with Gasteiger partial charge >= 0.3 is 0 Å².